The molecular weight excluding hydrogens is 150 g/mol. The zero-order valence-electron chi connectivity index (χ0n) is 8.85. The Morgan fingerprint density at radius 2 is 1.92 bits per heavy atom. The number of hydrogen-bond acceptors (Lipinski definition) is 1. The fraction of sp³-hybridized carbons (Fsp3) is 1.00. The molecule has 0 amide bonds. The molecule has 1 fully saturated rings. The van der Waals surface area contributed by atoms with Crippen LogP contribution < -0.4 is 5.32 Å². The summed E-state index contributed by atoms with van der Waals surface area (Å²) < 4.78 is 5.71. The summed E-state index contributed by atoms with van der Waals surface area (Å²) in [7, 11) is 0. The Bertz CT molecular complexity index is 158. The van der Waals surface area contributed by atoms with E-state index in [-0.39, 0.29) is 11.0 Å². The molecule has 0 bridgehead atoms. The Morgan fingerprint density at radius 3 is 2.25 bits per heavy atom. The van der Waals surface area contributed by atoms with Crippen molar-refractivity contribution in [3.63, 3.8) is 0 Å². The zero-order valence-corrected chi connectivity index (χ0v) is 8.85. The van der Waals surface area contributed by atoms with Gasteiger partial charge in [-0.15, -0.1) is 0 Å². The van der Waals surface area contributed by atoms with Crippen LogP contribution in [0.3, 0.4) is 0 Å². The van der Waals surface area contributed by atoms with Gasteiger partial charge in [-0.3, -0.25) is 0 Å². The number of morpholine rings is 1. The van der Waals surface area contributed by atoms with Crippen molar-refractivity contribution >= 4 is 0 Å². The van der Waals surface area contributed by atoms with E-state index in [0.717, 1.165) is 13.2 Å². The lowest BCUT2D eigenvalue weighted by molar-refractivity contribution is -0.0996. The van der Waals surface area contributed by atoms with E-state index in [1.54, 1.807) is 0 Å². The van der Waals surface area contributed by atoms with E-state index >= 15 is 0 Å². The molecule has 12 heavy (non-hydrogen) atoms. The van der Waals surface area contributed by atoms with Gasteiger partial charge in [0.1, 0.15) is 0 Å². The van der Waals surface area contributed by atoms with Gasteiger partial charge in [0.2, 0.25) is 0 Å². The highest BCUT2D eigenvalue weighted by Gasteiger charge is 2.41. The monoisotopic (exact) mass is 170 g/mol. The van der Waals surface area contributed by atoms with E-state index in [9.17, 15) is 0 Å². The topological polar surface area (TPSA) is 23.3 Å². The molecule has 1 heterocycles. The highest BCUT2D eigenvalue weighted by atomic mass is 16.5. The first-order valence-electron chi connectivity index (χ1n) is 4.64. The van der Waals surface area contributed by atoms with Gasteiger partial charge < -0.3 is 4.74 Å². The Hall–Kier alpha value is -0.0800. The maximum atomic E-state index is 5.71. The van der Waals surface area contributed by atoms with Crippen molar-refractivity contribution in [3.8, 4) is 0 Å². The summed E-state index contributed by atoms with van der Waals surface area (Å²) in [6, 6.07) is 0.318. The predicted octanol–water partition coefficient (Wildman–Crippen LogP) is 1.81. The van der Waals surface area contributed by atoms with Crippen LogP contribution in [-0.2, 0) is 4.74 Å². The van der Waals surface area contributed by atoms with Gasteiger partial charge in [-0.25, -0.2) is 5.32 Å². The summed E-state index contributed by atoms with van der Waals surface area (Å²) in [5, 5.41) is 4.63. The van der Waals surface area contributed by atoms with Gasteiger partial charge in [0.15, 0.2) is 0 Å². The van der Waals surface area contributed by atoms with Crippen LogP contribution in [0, 0.1) is 5.41 Å². The summed E-state index contributed by atoms with van der Waals surface area (Å²) >= 11 is 0. The zero-order chi connectivity index (χ0) is 9.41. The molecule has 0 aromatic heterocycles. The summed E-state index contributed by atoms with van der Waals surface area (Å²) in [4.78, 5) is 0. The molecule has 1 unspecified atom stereocenters. The van der Waals surface area contributed by atoms with Crippen molar-refractivity contribution in [3.05, 3.63) is 0 Å². The predicted molar refractivity (Wildman–Crippen MR) is 50.3 cm³/mol. The van der Waals surface area contributed by atoms with Crippen LogP contribution in [0.4, 0.5) is 0 Å². The van der Waals surface area contributed by atoms with Gasteiger partial charge >= 0.3 is 0 Å². The second kappa shape index (κ2) is 3.00. The number of ether oxygens (including phenoxy) is 1. The minimum Gasteiger partial charge on any atom is -0.372 e. The van der Waals surface area contributed by atoms with Crippen LogP contribution in [0.25, 0.3) is 0 Å². The molecule has 0 saturated carbocycles. The van der Waals surface area contributed by atoms with Crippen LogP contribution in [0.15, 0.2) is 0 Å². The fourth-order valence-electron chi connectivity index (χ4n) is 2.11. The summed E-state index contributed by atoms with van der Waals surface area (Å²) in [6.45, 7) is 12.6. The van der Waals surface area contributed by atoms with Gasteiger partial charge in [0.25, 0.3) is 0 Å². The van der Waals surface area contributed by atoms with Crippen LogP contribution in [0.5, 0.6) is 0 Å². The first-order valence-corrected chi connectivity index (χ1v) is 4.64. The lowest BCUT2D eigenvalue weighted by atomic mass is 9.77. The molecule has 2 heteroatoms. The second-order valence-electron chi connectivity index (χ2n) is 5.13. The second-order valence-corrected chi connectivity index (χ2v) is 5.13. The van der Waals surface area contributed by atoms with E-state index in [1.807, 2.05) is 0 Å². The number of nitrogens with zero attached hydrogens (tertiary/aromatic N) is 1. The lowest BCUT2D eigenvalue weighted by Gasteiger charge is -2.45. The van der Waals surface area contributed by atoms with Crippen molar-refractivity contribution in [2.75, 3.05) is 13.2 Å². The molecule has 0 N–H and O–H groups in total. The number of rotatable bonds is 0. The lowest BCUT2D eigenvalue weighted by Crippen LogP contribution is -2.57. The third kappa shape index (κ3) is 1.99. The molecule has 2 nitrogen and oxygen atoms in total. The highest BCUT2D eigenvalue weighted by molar-refractivity contribution is 4.95. The normalized spacial score (nSPS) is 30.2. The molecule has 0 aromatic carbocycles. The fourth-order valence-corrected chi connectivity index (χ4v) is 2.11. The first-order chi connectivity index (χ1) is 5.34. The third-order valence-corrected chi connectivity index (χ3v) is 2.36. The van der Waals surface area contributed by atoms with Gasteiger partial charge in [0, 0.05) is 6.54 Å². The van der Waals surface area contributed by atoms with E-state index in [0.29, 0.717) is 6.04 Å². The molecule has 0 spiro atoms. The standard InChI is InChI=1S/C10H20NO/c1-9(2,3)8-10(4,5)12-7-6-11-8/h8H,6-7H2,1-5H3. The average molecular weight is 170 g/mol. The minimum absolute atomic E-state index is 0.0868. The Kier molecular flexibility index (Phi) is 2.50. The summed E-state index contributed by atoms with van der Waals surface area (Å²) in [5.41, 5.74) is 0.125. The van der Waals surface area contributed by atoms with E-state index in [2.05, 4.69) is 39.9 Å². The Balaban J connectivity index is 2.73. The van der Waals surface area contributed by atoms with Gasteiger partial charge in [-0.1, -0.05) is 20.8 Å². The van der Waals surface area contributed by atoms with Crippen molar-refractivity contribution in [1.29, 1.82) is 0 Å². The van der Waals surface area contributed by atoms with Crippen LogP contribution in [0.2, 0.25) is 0 Å². The van der Waals surface area contributed by atoms with Gasteiger partial charge in [-0.2, -0.15) is 0 Å². The molecule has 1 rings (SSSR count). The first kappa shape index (κ1) is 10.0. The highest BCUT2D eigenvalue weighted by Crippen LogP contribution is 2.32. The Labute approximate surface area is 75.7 Å². The summed E-state index contributed by atoms with van der Waals surface area (Å²) in [6.07, 6.45) is 0. The smallest absolute Gasteiger partial charge is 0.0800 e. The molecule has 0 aliphatic carbocycles. The maximum Gasteiger partial charge on any atom is 0.0800 e. The maximum absolute atomic E-state index is 5.71. The van der Waals surface area contributed by atoms with Crippen molar-refractivity contribution in [2.24, 2.45) is 5.41 Å². The van der Waals surface area contributed by atoms with Crippen LogP contribution in [0.1, 0.15) is 34.6 Å². The molecule has 1 aliphatic heterocycles. The van der Waals surface area contributed by atoms with Crippen molar-refractivity contribution < 1.29 is 4.74 Å². The molecule has 1 radical (unpaired) electrons. The minimum atomic E-state index is -0.0868. The number of hydrogen-bond donors (Lipinski definition) is 0. The molecule has 71 valence electrons. The quantitative estimate of drug-likeness (QED) is 0.544. The van der Waals surface area contributed by atoms with E-state index in [1.165, 1.54) is 0 Å². The van der Waals surface area contributed by atoms with Crippen LogP contribution in [-0.4, -0.2) is 24.8 Å². The molecular formula is C10H20NO. The largest absolute Gasteiger partial charge is 0.372 e. The van der Waals surface area contributed by atoms with Crippen LogP contribution >= 0.6 is 0 Å². The summed E-state index contributed by atoms with van der Waals surface area (Å²) in [5.74, 6) is 0. The van der Waals surface area contributed by atoms with Crippen molar-refractivity contribution in [2.45, 2.75) is 46.3 Å². The van der Waals surface area contributed by atoms with Gasteiger partial charge in [-0.05, 0) is 19.3 Å². The van der Waals surface area contributed by atoms with E-state index in [4.69, 9.17) is 4.74 Å². The molecule has 1 saturated heterocycles. The third-order valence-electron chi connectivity index (χ3n) is 2.36. The molecule has 0 aromatic rings. The SMILES string of the molecule is CC(C)(C)C1[N]CCOC1(C)C. The molecule has 1 aliphatic rings. The average Bonchev–Trinajstić information content (AvgIpc) is 1.83. The van der Waals surface area contributed by atoms with Crippen molar-refractivity contribution in [1.82, 2.24) is 5.32 Å². The Morgan fingerprint density at radius 1 is 1.33 bits per heavy atom. The molecule has 1 atom stereocenters. The van der Waals surface area contributed by atoms with Gasteiger partial charge in [0.05, 0.1) is 18.2 Å². The van der Waals surface area contributed by atoms with E-state index < -0.39 is 0 Å².